The van der Waals surface area contributed by atoms with Gasteiger partial charge in [0.1, 0.15) is 4.33 Å². The number of hydrogen-bond acceptors (Lipinski definition) is 3. The lowest BCUT2D eigenvalue weighted by Crippen LogP contribution is -2.39. The number of hydrazine groups is 1. The lowest BCUT2D eigenvalue weighted by atomic mass is 10.1. The highest BCUT2D eigenvalue weighted by molar-refractivity contribution is 6.53. The van der Waals surface area contributed by atoms with E-state index in [1.807, 2.05) is 30.3 Å². The second kappa shape index (κ2) is 9.84. The molecule has 2 atom stereocenters. The Bertz CT molecular complexity index is 1230. The van der Waals surface area contributed by atoms with E-state index < -0.39 is 28.0 Å². The second-order valence-corrected chi connectivity index (χ2v) is 10.6. The Kier molecular flexibility index (Phi) is 7.22. The highest BCUT2D eigenvalue weighted by atomic mass is 35.5. The fourth-order valence-corrected chi connectivity index (χ4v) is 5.32. The topological polar surface area (TPSA) is 61.4 Å². The summed E-state index contributed by atoms with van der Waals surface area (Å²) in [5.74, 6) is -2.06. The Morgan fingerprint density at radius 1 is 0.912 bits per heavy atom. The van der Waals surface area contributed by atoms with E-state index >= 15 is 0 Å². The fraction of sp³-hybridized carbons (Fsp3) is 0.167. The van der Waals surface area contributed by atoms with Gasteiger partial charge in [-0.05, 0) is 54.1 Å². The Labute approximate surface area is 221 Å². The van der Waals surface area contributed by atoms with E-state index in [9.17, 15) is 9.59 Å². The van der Waals surface area contributed by atoms with Crippen molar-refractivity contribution in [2.24, 2.45) is 5.92 Å². The number of nitrogens with zero attached hydrogens (tertiary/aromatic N) is 1. The first-order valence-corrected chi connectivity index (χ1v) is 12.0. The van der Waals surface area contributed by atoms with Crippen molar-refractivity contribution in [2.45, 2.75) is 10.3 Å². The molecule has 0 bridgehead atoms. The minimum absolute atomic E-state index is 0.194. The van der Waals surface area contributed by atoms with Gasteiger partial charge in [-0.25, -0.2) is 0 Å². The van der Waals surface area contributed by atoms with Crippen LogP contribution in [0.5, 0.6) is 0 Å². The SMILES string of the molecule is CN(NC(=O)c1cc(NC(=O)C2C(c3cc(Cl)cc(Cl)c3)C2(Cl)Cl)ccc1Cl)c1ccccc1. The van der Waals surface area contributed by atoms with Crippen LogP contribution in [-0.2, 0) is 4.79 Å². The van der Waals surface area contributed by atoms with Crippen LogP contribution in [0.2, 0.25) is 15.1 Å². The van der Waals surface area contributed by atoms with Gasteiger partial charge in [0.05, 0.1) is 22.2 Å². The van der Waals surface area contributed by atoms with Gasteiger partial charge in [0.25, 0.3) is 5.91 Å². The van der Waals surface area contributed by atoms with Crippen molar-refractivity contribution in [3.05, 3.63) is 92.9 Å². The van der Waals surface area contributed by atoms with Gasteiger partial charge in [0.2, 0.25) is 5.91 Å². The maximum absolute atomic E-state index is 13.0. The Hall–Kier alpha value is -2.15. The van der Waals surface area contributed by atoms with Crippen molar-refractivity contribution in [2.75, 3.05) is 17.4 Å². The monoisotopic (exact) mass is 555 g/mol. The van der Waals surface area contributed by atoms with E-state index in [1.54, 1.807) is 36.3 Å². The average molecular weight is 558 g/mol. The van der Waals surface area contributed by atoms with Crippen LogP contribution in [0.1, 0.15) is 21.8 Å². The predicted octanol–water partition coefficient (Wildman–Crippen LogP) is 6.95. The molecule has 0 radical (unpaired) electrons. The van der Waals surface area contributed by atoms with Crippen LogP contribution in [0, 0.1) is 5.92 Å². The zero-order valence-electron chi connectivity index (χ0n) is 17.7. The van der Waals surface area contributed by atoms with Crippen molar-refractivity contribution in [1.82, 2.24) is 5.43 Å². The van der Waals surface area contributed by atoms with Crippen LogP contribution in [-0.4, -0.2) is 23.2 Å². The van der Waals surface area contributed by atoms with Crippen LogP contribution in [0.4, 0.5) is 11.4 Å². The molecule has 176 valence electrons. The number of rotatable bonds is 6. The van der Waals surface area contributed by atoms with E-state index in [4.69, 9.17) is 58.0 Å². The summed E-state index contributed by atoms with van der Waals surface area (Å²) in [4.78, 5) is 25.8. The van der Waals surface area contributed by atoms with Crippen LogP contribution in [0.15, 0.2) is 66.7 Å². The van der Waals surface area contributed by atoms with E-state index in [0.29, 0.717) is 21.3 Å². The minimum atomic E-state index is -1.32. The summed E-state index contributed by atoms with van der Waals surface area (Å²) in [7, 11) is 1.71. The molecule has 0 heterocycles. The molecule has 3 aromatic rings. The van der Waals surface area contributed by atoms with Gasteiger partial charge in [-0.1, -0.05) is 53.0 Å². The van der Waals surface area contributed by atoms with Gasteiger partial charge >= 0.3 is 0 Å². The molecule has 0 saturated heterocycles. The van der Waals surface area contributed by atoms with E-state index in [2.05, 4.69) is 10.7 Å². The molecule has 0 spiro atoms. The lowest BCUT2D eigenvalue weighted by Gasteiger charge is -2.20. The summed E-state index contributed by atoms with van der Waals surface area (Å²) in [6.45, 7) is 0. The third-order valence-electron chi connectivity index (χ3n) is 5.47. The quantitative estimate of drug-likeness (QED) is 0.255. The number of carbonyl (C=O) groups is 2. The van der Waals surface area contributed by atoms with Crippen LogP contribution in [0.25, 0.3) is 0 Å². The molecule has 2 N–H and O–H groups in total. The zero-order chi connectivity index (χ0) is 24.6. The highest BCUT2D eigenvalue weighted by Crippen LogP contribution is 2.65. The number of halogens is 5. The molecule has 3 aromatic carbocycles. The summed E-state index contributed by atoms with van der Waals surface area (Å²) in [5.41, 5.74) is 4.78. The molecule has 1 fully saturated rings. The van der Waals surface area contributed by atoms with Crippen LogP contribution in [0.3, 0.4) is 0 Å². The largest absolute Gasteiger partial charge is 0.326 e. The third kappa shape index (κ3) is 5.24. The van der Waals surface area contributed by atoms with Gasteiger partial charge in [-0.3, -0.25) is 20.0 Å². The van der Waals surface area contributed by atoms with Crippen LogP contribution < -0.4 is 15.8 Å². The summed E-state index contributed by atoms with van der Waals surface area (Å²) < 4.78 is -1.32. The normalized spacial score (nSPS) is 18.2. The van der Waals surface area contributed by atoms with Crippen LogP contribution >= 0.6 is 58.0 Å². The van der Waals surface area contributed by atoms with E-state index in [0.717, 1.165) is 5.69 Å². The summed E-state index contributed by atoms with van der Waals surface area (Å²) in [5, 5.41) is 5.42. The van der Waals surface area contributed by atoms with Crippen molar-refractivity contribution in [3.63, 3.8) is 0 Å². The van der Waals surface area contributed by atoms with Gasteiger partial charge in [0.15, 0.2) is 0 Å². The second-order valence-electron chi connectivity index (χ2n) is 7.85. The van der Waals surface area contributed by atoms with Gasteiger partial charge in [0, 0.05) is 28.7 Å². The molecule has 10 heteroatoms. The molecule has 0 aliphatic heterocycles. The molecule has 34 heavy (non-hydrogen) atoms. The maximum Gasteiger partial charge on any atom is 0.271 e. The molecule has 2 amide bonds. The first-order valence-electron chi connectivity index (χ1n) is 10.1. The van der Waals surface area contributed by atoms with Crippen molar-refractivity contribution >= 4 is 81.2 Å². The molecule has 4 rings (SSSR count). The van der Waals surface area contributed by atoms with E-state index in [-0.39, 0.29) is 10.6 Å². The van der Waals surface area contributed by atoms with Gasteiger partial charge in [-0.15, -0.1) is 23.2 Å². The fourth-order valence-electron chi connectivity index (χ4n) is 3.75. The first-order chi connectivity index (χ1) is 16.1. The zero-order valence-corrected chi connectivity index (χ0v) is 21.4. The highest BCUT2D eigenvalue weighted by Gasteiger charge is 2.67. The summed E-state index contributed by atoms with van der Waals surface area (Å²) >= 11 is 31.3. The van der Waals surface area contributed by atoms with Gasteiger partial charge in [-0.2, -0.15) is 0 Å². The smallest absolute Gasteiger partial charge is 0.271 e. The summed E-state index contributed by atoms with van der Waals surface area (Å²) in [6, 6.07) is 18.9. The number of hydrogen-bond donors (Lipinski definition) is 2. The third-order valence-corrected chi connectivity index (χ3v) is 7.18. The molecule has 5 nitrogen and oxygen atoms in total. The molecule has 0 aromatic heterocycles. The number of alkyl halides is 2. The molecular weight excluding hydrogens is 540 g/mol. The molecule has 2 unspecified atom stereocenters. The Morgan fingerprint density at radius 2 is 1.56 bits per heavy atom. The number of para-hydroxylation sites is 1. The maximum atomic E-state index is 13.0. The van der Waals surface area contributed by atoms with Crippen molar-refractivity contribution in [1.29, 1.82) is 0 Å². The molecule has 1 saturated carbocycles. The number of carbonyl (C=O) groups excluding carboxylic acids is 2. The number of anilines is 2. The van der Waals surface area contributed by atoms with E-state index in [1.165, 1.54) is 12.1 Å². The number of benzene rings is 3. The number of amides is 2. The number of nitrogens with one attached hydrogen (secondary N) is 2. The van der Waals surface area contributed by atoms with Crippen molar-refractivity contribution in [3.8, 4) is 0 Å². The predicted molar refractivity (Wildman–Crippen MR) is 140 cm³/mol. The summed E-state index contributed by atoms with van der Waals surface area (Å²) in [6.07, 6.45) is 0. The molecule has 1 aliphatic carbocycles. The Morgan fingerprint density at radius 3 is 2.21 bits per heavy atom. The van der Waals surface area contributed by atoms with Crippen molar-refractivity contribution < 1.29 is 9.59 Å². The standard InChI is InChI=1S/C24H18Cl5N3O2/c1-32(17-5-3-2-4-6-17)31-22(33)18-12-16(7-8-19(18)27)30-23(34)21-20(24(21,28)29)13-9-14(25)11-15(26)10-13/h2-12,20-21H,1H3,(H,30,34)(H,31,33). The Balaban J connectivity index is 1.49. The van der Waals surface area contributed by atoms with Gasteiger partial charge < -0.3 is 5.32 Å². The first kappa shape index (κ1) is 25.0. The molecular formula is C24H18Cl5N3O2. The lowest BCUT2D eigenvalue weighted by molar-refractivity contribution is -0.117. The minimum Gasteiger partial charge on any atom is -0.326 e. The average Bonchev–Trinajstić information content (AvgIpc) is 3.37. The molecule has 1 aliphatic rings.